The number of fused-ring (bicyclic) bond motifs is 1. The molecule has 1 aromatic heterocycles. The van der Waals surface area contributed by atoms with Crippen molar-refractivity contribution < 1.29 is 19.1 Å². The summed E-state index contributed by atoms with van der Waals surface area (Å²) in [5, 5.41) is 0.830. The number of nitrogens with one attached hydrogen (secondary N) is 1. The zero-order chi connectivity index (χ0) is 16.9. The van der Waals surface area contributed by atoms with E-state index in [0.29, 0.717) is 11.3 Å². The van der Waals surface area contributed by atoms with Crippen LogP contribution in [0.25, 0.3) is 10.9 Å². The van der Waals surface area contributed by atoms with Gasteiger partial charge >= 0.3 is 5.97 Å². The maximum Gasteiger partial charge on any atom is 0.344 e. The number of rotatable bonds is 6. The zero-order valence-electron chi connectivity index (χ0n) is 13.2. The summed E-state index contributed by atoms with van der Waals surface area (Å²) in [5.41, 5.74) is 2.21. The van der Waals surface area contributed by atoms with Crippen molar-refractivity contribution in [1.29, 1.82) is 0 Å². The van der Waals surface area contributed by atoms with Crippen LogP contribution in [-0.4, -0.2) is 30.0 Å². The van der Waals surface area contributed by atoms with Crippen LogP contribution >= 0.6 is 0 Å². The molecule has 1 N–H and O–H groups in total. The van der Waals surface area contributed by atoms with Crippen molar-refractivity contribution in [3.05, 3.63) is 65.9 Å². The molecule has 0 aliphatic carbocycles. The Hall–Kier alpha value is -3.08. The summed E-state index contributed by atoms with van der Waals surface area (Å²) in [6.07, 6.45) is 0. The summed E-state index contributed by atoms with van der Waals surface area (Å²) in [6, 6.07) is 16.5. The number of aromatic amines is 1. The Kier molecular flexibility index (Phi) is 4.61. The fourth-order valence-corrected chi connectivity index (χ4v) is 2.55. The number of hydrogen-bond donors (Lipinski definition) is 1. The highest BCUT2D eigenvalue weighted by Crippen LogP contribution is 2.22. The second kappa shape index (κ2) is 7.00. The second-order valence-corrected chi connectivity index (χ2v) is 5.36. The Morgan fingerprint density at radius 1 is 0.958 bits per heavy atom. The van der Waals surface area contributed by atoms with E-state index in [1.54, 1.807) is 12.1 Å². The van der Waals surface area contributed by atoms with Gasteiger partial charge in [0.2, 0.25) is 5.78 Å². The van der Waals surface area contributed by atoms with Crippen LogP contribution in [0.15, 0.2) is 54.6 Å². The Labute approximate surface area is 139 Å². The van der Waals surface area contributed by atoms with Crippen LogP contribution in [0, 0.1) is 6.92 Å². The van der Waals surface area contributed by atoms with Crippen molar-refractivity contribution in [2.24, 2.45) is 0 Å². The van der Waals surface area contributed by atoms with Gasteiger partial charge in [0.05, 0.1) is 0 Å². The van der Waals surface area contributed by atoms with Crippen molar-refractivity contribution in [2.75, 3.05) is 13.2 Å². The van der Waals surface area contributed by atoms with Crippen molar-refractivity contribution in [2.45, 2.75) is 6.92 Å². The van der Waals surface area contributed by atoms with E-state index in [-0.39, 0.29) is 19.0 Å². The number of benzene rings is 2. The maximum atomic E-state index is 12.4. The molecule has 1 heterocycles. The molecule has 0 unspecified atom stereocenters. The van der Waals surface area contributed by atoms with Crippen LogP contribution in [0.5, 0.6) is 5.75 Å². The average molecular weight is 323 g/mol. The van der Waals surface area contributed by atoms with Crippen molar-refractivity contribution in [3.63, 3.8) is 0 Å². The molecule has 3 rings (SSSR count). The Morgan fingerprint density at radius 2 is 1.67 bits per heavy atom. The molecule has 0 bridgehead atoms. The molecule has 0 radical (unpaired) electrons. The van der Waals surface area contributed by atoms with Gasteiger partial charge in [0.1, 0.15) is 5.75 Å². The molecule has 5 heteroatoms. The van der Waals surface area contributed by atoms with E-state index >= 15 is 0 Å². The van der Waals surface area contributed by atoms with E-state index in [0.717, 1.165) is 16.6 Å². The number of ketones is 1. The molecular weight excluding hydrogens is 306 g/mol. The average Bonchev–Trinajstić information content (AvgIpc) is 2.94. The molecule has 0 aliphatic heterocycles. The number of hydrogen-bond acceptors (Lipinski definition) is 4. The summed E-state index contributed by atoms with van der Waals surface area (Å²) in [4.78, 5) is 27.3. The van der Waals surface area contributed by atoms with Crippen LogP contribution < -0.4 is 4.74 Å². The van der Waals surface area contributed by atoms with Gasteiger partial charge in [-0.2, -0.15) is 0 Å². The fourth-order valence-electron chi connectivity index (χ4n) is 2.55. The first-order valence-corrected chi connectivity index (χ1v) is 7.59. The van der Waals surface area contributed by atoms with Crippen molar-refractivity contribution in [3.8, 4) is 5.75 Å². The summed E-state index contributed by atoms with van der Waals surface area (Å²) >= 11 is 0. The fraction of sp³-hybridized carbons (Fsp3) is 0.158. The molecular formula is C19H17NO4. The topological polar surface area (TPSA) is 68.4 Å². The van der Waals surface area contributed by atoms with Gasteiger partial charge in [-0.1, -0.05) is 36.4 Å². The minimum Gasteiger partial charge on any atom is -0.482 e. The lowest BCUT2D eigenvalue weighted by Gasteiger charge is -2.06. The molecule has 5 nitrogen and oxygen atoms in total. The van der Waals surface area contributed by atoms with Gasteiger partial charge in [-0.15, -0.1) is 0 Å². The summed E-state index contributed by atoms with van der Waals surface area (Å²) < 4.78 is 10.3. The molecule has 0 saturated heterocycles. The molecule has 122 valence electrons. The summed E-state index contributed by atoms with van der Waals surface area (Å²) in [7, 11) is 0. The lowest BCUT2D eigenvalue weighted by Crippen LogP contribution is -2.19. The third-order valence-corrected chi connectivity index (χ3v) is 3.64. The maximum absolute atomic E-state index is 12.4. The normalized spacial score (nSPS) is 10.5. The number of H-pyrrole nitrogens is 1. The van der Waals surface area contributed by atoms with Crippen molar-refractivity contribution >= 4 is 22.7 Å². The number of aromatic nitrogens is 1. The molecule has 0 atom stereocenters. The minimum absolute atomic E-state index is 0.232. The van der Waals surface area contributed by atoms with Gasteiger partial charge < -0.3 is 14.5 Å². The number of ether oxygens (including phenoxy) is 2. The zero-order valence-corrected chi connectivity index (χ0v) is 13.2. The molecule has 3 aromatic rings. The van der Waals surface area contributed by atoms with Gasteiger partial charge in [-0.05, 0) is 25.1 Å². The highest BCUT2D eigenvalue weighted by Gasteiger charge is 2.17. The van der Waals surface area contributed by atoms with E-state index in [9.17, 15) is 9.59 Å². The number of carbonyl (C=O) groups excluding carboxylic acids is 2. The van der Waals surface area contributed by atoms with Crippen LogP contribution in [0.1, 0.15) is 16.1 Å². The van der Waals surface area contributed by atoms with Gasteiger partial charge in [0.15, 0.2) is 13.2 Å². The smallest absolute Gasteiger partial charge is 0.344 e. The highest BCUT2D eigenvalue weighted by molar-refractivity contribution is 6.10. The molecule has 0 saturated carbocycles. The molecule has 0 amide bonds. The van der Waals surface area contributed by atoms with E-state index in [1.165, 1.54) is 0 Å². The van der Waals surface area contributed by atoms with Gasteiger partial charge in [-0.3, -0.25) is 4.79 Å². The number of Topliss-reactive ketones (excluding diaryl/α,β-unsaturated/α-hetero) is 1. The molecule has 0 spiro atoms. The second-order valence-electron chi connectivity index (χ2n) is 5.36. The van der Waals surface area contributed by atoms with E-state index in [2.05, 4.69) is 4.98 Å². The minimum atomic E-state index is -0.579. The van der Waals surface area contributed by atoms with E-state index < -0.39 is 5.97 Å². The van der Waals surface area contributed by atoms with Crippen molar-refractivity contribution in [1.82, 2.24) is 4.98 Å². The van der Waals surface area contributed by atoms with Crippen LogP contribution in [0.2, 0.25) is 0 Å². The first-order valence-electron chi connectivity index (χ1n) is 7.59. The van der Waals surface area contributed by atoms with Gasteiger partial charge in [0, 0.05) is 22.2 Å². The molecule has 2 aromatic carbocycles. The predicted octanol–water partition coefficient (Wildman–Crippen LogP) is 3.28. The van der Waals surface area contributed by atoms with E-state index in [1.807, 2.05) is 49.4 Å². The van der Waals surface area contributed by atoms with Crippen LogP contribution in [0.4, 0.5) is 0 Å². The third kappa shape index (κ3) is 3.46. The van der Waals surface area contributed by atoms with E-state index in [4.69, 9.17) is 9.47 Å². The lowest BCUT2D eigenvalue weighted by molar-refractivity contribution is -0.144. The Morgan fingerprint density at radius 3 is 2.46 bits per heavy atom. The summed E-state index contributed by atoms with van der Waals surface area (Å²) in [6.45, 7) is 1.29. The van der Waals surface area contributed by atoms with Crippen LogP contribution in [0.3, 0.4) is 0 Å². The first kappa shape index (κ1) is 15.8. The number of esters is 1. The molecule has 24 heavy (non-hydrogen) atoms. The first-order chi connectivity index (χ1) is 11.6. The third-order valence-electron chi connectivity index (χ3n) is 3.64. The molecule has 0 fully saturated rings. The largest absolute Gasteiger partial charge is 0.482 e. The summed E-state index contributed by atoms with van der Waals surface area (Å²) in [5.74, 6) is -0.240. The Balaban J connectivity index is 1.58. The SMILES string of the molecule is Cc1[nH]c2ccccc2c1C(=O)COC(=O)COc1ccccc1. The predicted molar refractivity (Wildman–Crippen MR) is 90.3 cm³/mol. The van der Waals surface area contributed by atoms with Gasteiger partial charge in [0.25, 0.3) is 0 Å². The standard InChI is InChI=1S/C19H17NO4/c1-13-19(15-9-5-6-10-16(15)20-13)17(21)11-24-18(22)12-23-14-7-3-2-4-8-14/h2-10,20H,11-12H2,1H3. The quantitative estimate of drug-likeness (QED) is 0.558. The molecule has 0 aliphatic rings. The number of para-hydroxylation sites is 2. The van der Waals surface area contributed by atoms with Crippen LogP contribution in [-0.2, 0) is 9.53 Å². The van der Waals surface area contributed by atoms with Gasteiger partial charge in [-0.25, -0.2) is 4.79 Å². The lowest BCUT2D eigenvalue weighted by atomic mass is 10.1. The number of aryl methyl sites for hydroxylation is 1. The Bertz CT molecular complexity index is 867. The monoisotopic (exact) mass is 323 g/mol. The number of carbonyl (C=O) groups is 2. The highest BCUT2D eigenvalue weighted by atomic mass is 16.6.